The highest BCUT2D eigenvalue weighted by atomic mass is 16.5. The predicted octanol–water partition coefficient (Wildman–Crippen LogP) is -0.911. The van der Waals surface area contributed by atoms with Gasteiger partial charge in [-0.2, -0.15) is 0 Å². The van der Waals surface area contributed by atoms with Gasteiger partial charge in [-0.3, -0.25) is 39.1 Å². The normalized spacial score (nSPS) is 19.6. The van der Waals surface area contributed by atoms with E-state index >= 15 is 0 Å². The smallest absolute Gasteiger partial charge is 0.264 e. The van der Waals surface area contributed by atoms with Gasteiger partial charge in [0.2, 0.25) is 17.7 Å². The number of likely N-dealkylation sites (tertiary alicyclic amines) is 1. The van der Waals surface area contributed by atoms with Crippen LogP contribution in [-0.4, -0.2) is 124 Å². The Morgan fingerprint density at radius 2 is 1.57 bits per heavy atom. The Morgan fingerprint density at radius 1 is 0.905 bits per heavy atom. The molecular formula is C28H40N6O8. The Hall–Kier alpha value is -3.43. The summed E-state index contributed by atoms with van der Waals surface area (Å²) in [4.78, 5) is 64.8. The highest BCUT2D eigenvalue weighted by molar-refractivity contribution is 6.25. The lowest BCUT2D eigenvalue weighted by atomic mass is 10.0. The Kier molecular flexibility index (Phi) is 11.8. The zero-order valence-corrected chi connectivity index (χ0v) is 23.7. The van der Waals surface area contributed by atoms with E-state index in [1.807, 2.05) is 0 Å². The van der Waals surface area contributed by atoms with Gasteiger partial charge in [-0.15, -0.1) is 0 Å². The van der Waals surface area contributed by atoms with Crippen LogP contribution in [-0.2, 0) is 28.6 Å². The first kappa shape index (κ1) is 31.5. The van der Waals surface area contributed by atoms with Gasteiger partial charge in [-0.1, -0.05) is 6.07 Å². The zero-order valence-electron chi connectivity index (χ0n) is 23.7. The molecule has 1 aromatic carbocycles. The number of rotatable bonds is 16. The summed E-state index contributed by atoms with van der Waals surface area (Å²) in [5.41, 5.74) is 6.79. The van der Waals surface area contributed by atoms with Gasteiger partial charge < -0.3 is 30.6 Å². The summed E-state index contributed by atoms with van der Waals surface area (Å²) in [6, 6.07) is 4.14. The molecule has 3 aliphatic heterocycles. The average Bonchev–Trinajstić information content (AvgIpc) is 3.22. The van der Waals surface area contributed by atoms with E-state index in [0.717, 1.165) is 30.8 Å². The maximum Gasteiger partial charge on any atom is 0.264 e. The number of nitrogens with zero attached hydrogens (tertiary/aromatic N) is 2. The summed E-state index contributed by atoms with van der Waals surface area (Å²) >= 11 is 0. The van der Waals surface area contributed by atoms with Gasteiger partial charge in [-0.25, -0.2) is 0 Å². The van der Waals surface area contributed by atoms with Crippen molar-refractivity contribution in [3.8, 4) is 0 Å². The lowest BCUT2D eigenvalue weighted by molar-refractivity contribution is -0.136. The van der Waals surface area contributed by atoms with Crippen molar-refractivity contribution in [2.24, 2.45) is 5.73 Å². The number of fused-ring (bicyclic) bond motifs is 1. The fourth-order valence-corrected chi connectivity index (χ4v) is 5.09. The van der Waals surface area contributed by atoms with Crippen molar-refractivity contribution < 1.29 is 38.2 Å². The molecule has 0 radical (unpaired) electrons. The monoisotopic (exact) mass is 588 g/mol. The summed E-state index contributed by atoms with van der Waals surface area (Å²) in [5.74, 6) is -2.18. The lowest BCUT2D eigenvalue weighted by Crippen LogP contribution is -2.54. The molecule has 4 rings (SSSR count). The molecule has 1 atom stereocenters. The molecule has 0 bridgehead atoms. The van der Waals surface area contributed by atoms with Crippen LogP contribution in [0.3, 0.4) is 0 Å². The largest absolute Gasteiger partial charge is 0.382 e. The van der Waals surface area contributed by atoms with Crippen LogP contribution in [0.5, 0.6) is 0 Å². The minimum atomic E-state index is -1.01. The second-order valence-corrected chi connectivity index (χ2v) is 10.4. The number of carbonyl (C=O) groups is 5. The quantitative estimate of drug-likeness (QED) is 0.139. The number of hydrogen-bond acceptors (Lipinski definition) is 11. The molecule has 3 aliphatic rings. The predicted molar refractivity (Wildman–Crippen MR) is 151 cm³/mol. The molecule has 2 fully saturated rings. The van der Waals surface area contributed by atoms with E-state index in [9.17, 15) is 24.0 Å². The van der Waals surface area contributed by atoms with E-state index in [-0.39, 0.29) is 35.9 Å². The molecule has 42 heavy (non-hydrogen) atoms. The number of anilines is 1. The van der Waals surface area contributed by atoms with Gasteiger partial charge in [0.15, 0.2) is 0 Å². The third-order valence-corrected chi connectivity index (χ3v) is 7.34. The summed E-state index contributed by atoms with van der Waals surface area (Å²) in [6.07, 6.45) is 2.02. The van der Waals surface area contributed by atoms with Crippen LogP contribution in [0.4, 0.5) is 5.69 Å². The van der Waals surface area contributed by atoms with E-state index in [2.05, 4.69) is 20.9 Å². The molecule has 1 unspecified atom stereocenters. The molecule has 3 heterocycles. The molecule has 0 aromatic heterocycles. The van der Waals surface area contributed by atoms with Crippen LogP contribution in [0.25, 0.3) is 0 Å². The molecule has 0 saturated carbocycles. The van der Waals surface area contributed by atoms with Gasteiger partial charge in [0.05, 0.1) is 57.3 Å². The van der Waals surface area contributed by atoms with E-state index < -0.39 is 29.7 Å². The highest BCUT2D eigenvalue weighted by Crippen LogP contribution is 2.32. The maximum absolute atomic E-state index is 13.1. The molecular weight excluding hydrogens is 548 g/mol. The molecule has 0 aliphatic carbocycles. The van der Waals surface area contributed by atoms with E-state index in [1.165, 1.54) is 0 Å². The van der Waals surface area contributed by atoms with E-state index in [4.69, 9.17) is 19.9 Å². The molecule has 14 heteroatoms. The topological polar surface area (TPSA) is 182 Å². The maximum atomic E-state index is 13.1. The second-order valence-electron chi connectivity index (χ2n) is 10.4. The van der Waals surface area contributed by atoms with Crippen molar-refractivity contribution in [3.05, 3.63) is 29.3 Å². The summed E-state index contributed by atoms with van der Waals surface area (Å²) in [5, 5.41) is 8.17. The van der Waals surface area contributed by atoms with Crippen molar-refractivity contribution in [2.45, 2.75) is 37.8 Å². The van der Waals surface area contributed by atoms with E-state index in [0.29, 0.717) is 65.0 Å². The second kappa shape index (κ2) is 15.7. The number of amides is 5. The Balaban J connectivity index is 1.03. The van der Waals surface area contributed by atoms with Gasteiger partial charge in [0, 0.05) is 44.3 Å². The standard InChI is InChI=1S/C28H40N6O8/c29-19-6-10-33(11-7-19)18-24(36)31-9-13-41-15-17-42-16-14-40-12-8-30-21-3-1-2-20-25(21)28(39)34(27(20)38)22-4-5-23(35)32-26(22)37/h1-3,19,22,30H,4-18,29H2,(H,31,36)(H,32,35,37). The summed E-state index contributed by atoms with van der Waals surface area (Å²) in [7, 11) is 0. The molecule has 230 valence electrons. The van der Waals surface area contributed by atoms with Crippen molar-refractivity contribution in [1.29, 1.82) is 0 Å². The number of nitrogens with one attached hydrogen (secondary N) is 3. The van der Waals surface area contributed by atoms with Crippen LogP contribution in [0, 0.1) is 0 Å². The van der Waals surface area contributed by atoms with Crippen molar-refractivity contribution in [2.75, 3.05) is 77.7 Å². The summed E-state index contributed by atoms with van der Waals surface area (Å²) in [6.45, 7) is 5.24. The zero-order chi connectivity index (χ0) is 29.9. The third-order valence-electron chi connectivity index (χ3n) is 7.34. The number of nitrogens with two attached hydrogens (primary N) is 1. The number of benzene rings is 1. The fraction of sp³-hybridized carbons (Fsp3) is 0.607. The lowest BCUT2D eigenvalue weighted by Gasteiger charge is -2.29. The van der Waals surface area contributed by atoms with Crippen LogP contribution < -0.4 is 21.7 Å². The van der Waals surface area contributed by atoms with Crippen LogP contribution >= 0.6 is 0 Å². The number of imide groups is 2. The molecule has 5 amide bonds. The number of piperidine rings is 2. The molecule has 0 spiro atoms. The van der Waals surface area contributed by atoms with Gasteiger partial charge >= 0.3 is 0 Å². The van der Waals surface area contributed by atoms with E-state index in [1.54, 1.807) is 18.2 Å². The van der Waals surface area contributed by atoms with Crippen molar-refractivity contribution >= 4 is 35.2 Å². The summed E-state index contributed by atoms with van der Waals surface area (Å²) < 4.78 is 16.5. The van der Waals surface area contributed by atoms with Crippen LogP contribution in [0.1, 0.15) is 46.4 Å². The Bertz CT molecular complexity index is 1140. The first-order valence-corrected chi connectivity index (χ1v) is 14.4. The van der Waals surface area contributed by atoms with Gasteiger partial charge in [-0.05, 0) is 31.4 Å². The first-order chi connectivity index (χ1) is 20.3. The number of hydrogen-bond donors (Lipinski definition) is 4. The minimum Gasteiger partial charge on any atom is -0.382 e. The first-order valence-electron chi connectivity index (χ1n) is 14.4. The molecule has 1 aromatic rings. The van der Waals surface area contributed by atoms with Gasteiger partial charge in [0.25, 0.3) is 11.8 Å². The number of carbonyl (C=O) groups excluding carboxylic acids is 5. The van der Waals surface area contributed by atoms with Crippen molar-refractivity contribution in [1.82, 2.24) is 20.4 Å². The van der Waals surface area contributed by atoms with Gasteiger partial charge in [0.1, 0.15) is 6.04 Å². The van der Waals surface area contributed by atoms with Crippen LogP contribution in [0.2, 0.25) is 0 Å². The minimum absolute atomic E-state index is 0.0112. The average molecular weight is 589 g/mol. The van der Waals surface area contributed by atoms with Crippen LogP contribution in [0.15, 0.2) is 18.2 Å². The Morgan fingerprint density at radius 3 is 2.26 bits per heavy atom. The number of ether oxygens (including phenoxy) is 3. The SMILES string of the molecule is NC1CCN(CC(=O)NCCOCCOCCOCCNc2cccc3c2C(=O)N(C2CCC(=O)NC2=O)C3=O)CC1. The Labute approximate surface area is 244 Å². The fourth-order valence-electron chi connectivity index (χ4n) is 5.09. The van der Waals surface area contributed by atoms with Crippen molar-refractivity contribution in [3.63, 3.8) is 0 Å². The molecule has 14 nitrogen and oxygen atoms in total. The highest BCUT2D eigenvalue weighted by Gasteiger charge is 2.45. The molecule has 5 N–H and O–H groups in total. The third kappa shape index (κ3) is 8.55. The molecule has 2 saturated heterocycles.